The Morgan fingerprint density at radius 1 is 1.29 bits per heavy atom. The lowest BCUT2D eigenvalue weighted by atomic mass is 10.0. The van der Waals surface area contributed by atoms with Crippen LogP contribution in [0.4, 0.5) is 14.6 Å². The van der Waals surface area contributed by atoms with Crippen LogP contribution in [0.2, 0.25) is 0 Å². The second kappa shape index (κ2) is 6.80. The molecule has 1 saturated heterocycles. The molecule has 2 fully saturated rings. The van der Waals surface area contributed by atoms with Gasteiger partial charge in [-0.15, -0.1) is 0 Å². The number of hydrogen-bond acceptors (Lipinski definition) is 6. The molecular weight excluding hydrogens is 326 g/mol. The fraction of sp³-hybridized carbons (Fsp3) is 0.714. The smallest absolute Gasteiger partial charge is 0.280 e. The molecule has 10 heteroatoms. The normalized spacial score (nSPS) is 23.2. The van der Waals surface area contributed by atoms with Crippen LogP contribution in [0, 0.1) is 5.92 Å². The van der Waals surface area contributed by atoms with Gasteiger partial charge in [0, 0.05) is 31.8 Å². The van der Waals surface area contributed by atoms with Crippen molar-refractivity contribution < 1.29 is 27.7 Å². The number of nitrogens with zero attached hydrogens (tertiary/aromatic N) is 3. The highest BCUT2D eigenvalue weighted by Crippen LogP contribution is 2.42. The quantitative estimate of drug-likeness (QED) is 0.884. The van der Waals surface area contributed by atoms with Crippen LogP contribution in [0.1, 0.15) is 36.2 Å². The third kappa shape index (κ3) is 3.53. The van der Waals surface area contributed by atoms with Crippen LogP contribution in [-0.2, 0) is 9.53 Å². The maximum absolute atomic E-state index is 13.6. The summed E-state index contributed by atoms with van der Waals surface area (Å²) >= 11 is 0. The van der Waals surface area contributed by atoms with E-state index in [0.717, 1.165) is 0 Å². The minimum atomic E-state index is -2.83. The number of ether oxygens (including phenoxy) is 1. The summed E-state index contributed by atoms with van der Waals surface area (Å²) in [5.41, 5.74) is -0.136. The van der Waals surface area contributed by atoms with Crippen LogP contribution in [0.15, 0.2) is 4.63 Å². The third-order valence-corrected chi connectivity index (χ3v) is 4.34. The van der Waals surface area contributed by atoms with Gasteiger partial charge in [0.1, 0.15) is 0 Å². The number of anilines is 1. The molecule has 0 bridgehead atoms. The molecule has 1 aliphatic carbocycles. The van der Waals surface area contributed by atoms with Gasteiger partial charge in [-0.25, -0.2) is 13.4 Å². The maximum Gasteiger partial charge on any atom is 0.280 e. The van der Waals surface area contributed by atoms with Crippen molar-refractivity contribution in [2.75, 3.05) is 31.6 Å². The van der Waals surface area contributed by atoms with Crippen LogP contribution in [0.5, 0.6) is 0 Å². The molecule has 0 spiro atoms. The Labute approximate surface area is 136 Å². The zero-order valence-electron chi connectivity index (χ0n) is 13.0. The number of rotatable bonds is 4. The molecule has 3 rings (SSSR count). The van der Waals surface area contributed by atoms with Crippen molar-refractivity contribution in [2.45, 2.75) is 31.6 Å². The fourth-order valence-corrected chi connectivity index (χ4v) is 2.98. The molecule has 132 valence electrons. The second-order valence-corrected chi connectivity index (χ2v) is 5.97. The van der Waals surface area contributed by atoms with Crippen LogP contribution >= 0.6 is 0 Å². The molecule has 2 aliphatic rings. The van der Waals surface area contributed by atoms with E-state index >= 15 is 0 Å². The molecular formula is C14H18F2N4O4. The van der Waals surface area contributed by atoms with E-state index in [1.54, 1.807) is 0 Å². The van der Waals surface area contributed by atoms with Crippen molar-refractivity contribution >= 4 is 17.6 Å². The topological polar surface area (TPSA) is 97.6 Å². The molecule has 1 aliphatic heterocycles. The molecule has 0 radical (unpaired) electrons. The second-order valence-electron chi connectivity index (χ2n) is 5.97. The van der Waals surface area contributed by atoms with Gasteiger partial charge >= 0.3 is 0 Å². The lowest BCUT2D eigenvalue weighted by Crippen LogP contribution is -2.41. The van der Waals surface area contributed by atoms with Crippen molar-refractivity contribution in [1.82, 2.24) is 15.2 Å². The van der Waals surface area contributed by atoms with Gasteiger partial charge in [0.05, 0.1) is 13.2 Å². The number of amides is 2. The molecule has 24 heavy (non-hydrogen) atoms. The van der Waals surface area contributed by atoms with Gasteiger partial charge in [0.2, 0.25) is 17.4 Å². The number of aromatic nitrogens is 2. The Kier molecular flexibility index (Phi) is 4.74. The van der Waals surface area contributed by atoms with E-state index in [0.29, 0.717) is 39.1 Å². The highest BCUT2D eigenvalue weighted by molar-refractivity contribution is 6.01. The SMILES string of the molecule is O=C(CC1CCCC1(F)F)Nc1nonc1C(=O)N1CCOCC1. The summed E-state index contributed by atoms with van der Waals surface area (Å²) < 4.78 is 36.9. The minimum absolute atomic E-state index is 0.136. The van der Waals surface area contributed by atoms with Crippen molar-refractivity contribution in [3.05, 3.63) is 5.69 Å². The monoisotopic (exact) mass is 344 g/mol. The van der Waals surface area contributed by atoms with Crippen LogP contribution in [0.25, 0.3) is 0 Å². The van der Waals surface area contributed by atoms with Crippen LogP contribution in [-0.4, -0.2) is 59.3 Å². The van der Waals surface area contributed by atoms with E-state index in [1.165, 1.54) is 4.90 Å². The zero-order valence-corrected chi connectivity index (χ0v) is 13.0. The van der Waals surface area contributed by atoms with Crippen molar-refractivity contribution in [3.8, 4) is 0 Å². The van der Waals surface area contributed by atoms with Gasteiger partial charge in [-0.3, -0.25) is 9.59 Å². The van der Waals surface area contributed by atoms with E-state index in [-0.39, 0.29) is 24.4 Å². The van der Waals surface area contributed by atoms with E-state index in [4.69, 9.17) is 4.74 Å². The predicted octanol–water partition coefficient (Wildman–Crippen LogP) is 1.31. The molecule has 1 unspecified atom stereocenters. The first-order valence-electron chi connectivity index (χ1n) is 7.84. The van der Waals surface area contributed by atoms with Gasteiger partial charge in [-0.05, 0) is 23.2 Å². The highest BCUT2D eigenvalue weighted by Gasteiger charge is 2.44. The molecule has 1 N–H and O–H groups in total. The first kappa shape index (κ1) is 16.7. The third-order valence-electron chi connectivity index (χ3n) is 4.34. The molecule has 1 saturated carbocycles. The maximum atomic E-state index is 13.6. The Hall–Kier alpha value is -2.10. The van der Waals surface area contributed by atoms with Crippen molar-refractivity contribution in [1.29, 1.82) is 0 Å². The number of morpholine rings is 1. The largest absolute Gasteiger partial charge is 0.378 e. The number of nitrogens with one attached hydrogen (secondary N) is 1. The lowest BCUT2D eigenvalue weighted by Gasteiger charge is -2.25. The van der Waals surface area contributed by atoms with Gasteiger partial charge in [0.25, 0.3) is 11.8 Å². The van der Waals surface area contributed by atoms with E-state index < -0.39 is 23.7 Å². The number of alkyl halides is 2. The number of hydrogen-bond donors (Lipinski definition) is 1. The Bertz CT molecular complexity index is 616. The molecule has 0 aromatic carbocycles. The number of halogens is 2. The molecule has 2 heterocycles. The first-order valence-corrected chi connectivity index (χ1v) is 7.84. The van der Waals surface area contributed by atoms with Gasteiger partial charge in [-0.1, -0.05) is 0 Å². The molecule has 8 nitrogen and oxygen atoms in total. The minimum Gasteiger partial charge on any atom is -0.378 e. The molecule has 1 aromatic heterocycles. The van der Waals surface area contributed by atoms with E-state index in [1.807, 2.05) is 0 Å². The summed E-state index contributed by atoms with van der Waals surface area (Å²) in [6.07, 6.45) is 0.177. The summed E-state index contributed by atoms with van der Waals surface area (Å²) in [7, 11) is 0. The van der Waals surface area contributed by atoms with Gasteiger partial charge in [-0.2, -0.15) is 0 Å². The molecule has 2 amide bonds. The fourth-order valence-electron chi connectivity index (χ4n) is 2.98. The lowest BCUT2D eigenvalue weighted by molar-refractivity contribution is -0.120. The summed E-state index contributed by atoms with van der Waals surface area (Å²) in [5.74, 6) is -5.03. The molecule has 1 atom stereocenters. The Balaban J connectivity index is 1.62. The van der Waals surface area contributed by atoms with Crippen LogP contribution in [0.3, 0.4) is 0 Å². The summed E-state index contributed by atoms with van der Waals surface area (Å²) in [5, 5.41) is 9.38. The first-order chi connectivity index (χ1) is 11.5. The van der Waals surface area contributed by atoms with Crippen molar-refractivity contribution in [3.63, 3.8) is 0 Å². The average Bonchev–Trinajstić information content (AvgIpc) is 3.14. The highest BCUT2D eigenvalue weighted by atomic mass is 19.3. The molecule has 1 aromatic rings. The number of carbonyl (C=O) groups is 2. The zero-order chi connectivity index (χ0) is 17.2. The average molecular weight is 344 g/mol. The summed E-state index contributed by atoms with van der Waals surface area (Å²) in [4.78, 5) is 25.9. The predicted molar refractivity (Wildman–Crippen MR) is 76.6 cm³/mol. The standard InChI is InChI=1S/C14H18F2N4O4/c15-14(16)3-1-2-9(14)8-10(21)17-12-11(18-24-19-12)13(22)20-4-6-23-7-5-20/h9H,1-8H2,(H,17,19,21). The van der Waals surface area contributed by atoms with Crippen molar-refractivity contribution in [2.24, 2.45) is 5.92 Å². The van der Waals surface area contributed by atoms with Crippen LogP contribution < -0.4 is 5.32 Å². The van der Waals surface area contributed by atoms with E-state index in [2.05, 4.69) is 20.3 Å². The summed E-state index contributed by atoms with van der Waals surface area (Å²) in [6, 6.07) is 0. The Morgan fingerprint density at radius 2 is 2.04 bits per heavy atom. The number of carbonyl (C=O) groups excluding carboxylic acids is 2. The van der Waals surface area contributed by atoms with E-state index in [9.17, 15) is 18.4 Å². The van der Waals surface area contributed by atoms with Gasteiger partial charge in [0.15, 0.2) is 0 Å². The summed E-state index contributed by atoms with van der Waals surface area (Å²) in [6.45, 7) is 1.62. The Morgan fingerprint density at radius 3 is 2.71 bits per heavy atom. The van der Waals surface area contributed by atoms with Gasteiger partial charge < -0.3 is 15.0 Å².